The van der Waals surface area contributed by atoms with Gasteiger partial charge < -0.3 is 0 Å². The summed E-state index contributed by atoms with van der Waals surface area (Å²) < 4.78 is 0. The molecule has 134 valence electrons. The van der Waals surface area contributed by atoms with E-state index >= 15 is 0 Å². The van der Waals surface area contributed by atoms with Crippen LogP contribution in [0.2, 0.25) is 23.2 Å². The zero-order chi connectivity index (χ0) is 18.0. The minimum atomic E-state index is -3.08. The topological polar surface area (TPSA) is 0 Å². The number of rotatable bonds is 9. The van der Waals surface area contributed by atoms with Crippen molar-refractivity contribution in [1.29, 1.82) is 0 Å². The Morgan fingerprint density at radius 3 is 0.818 bits per heavy atom. The molecule has 0 bridgehead atoms. The zero-order valence-corrected chi connectivity index (χ0v) is 23.6. The zero-order valence-electron chi connectivity index (χ0n) is 10.5. The molecule has 0 N–H and O–H groups in total. The first-order valence-electron chi connectivity index (χ1n) is 5.69. The van der Waals surface area contributed by atoms with Crippen LogP contribution >= 0.6 is 133 Å². The fourth-order valence-corrected chi connectivity index (χ4v) is 19.7. The Morgan fingerprint density at radius 2 is 0.682 bits per heavy atom. The number of hydrogen-bond donors (Lipinski definition) is 0. The Labute approximate surface area is 190 Å². The monoisotopic (exact) mass is 614 g/mol. The summed E-state index contributed by atoms with van der Waals surface area (Å²) in [5.74, 6) is 0. The van der Waals surface area contributed by atoms with Crippen molar-refractivity contribution >= 4 is 157 Å². The highest BCUT2D eigenvalue weighted by Crippen LogP contribution is 2.50. The molecule has 0 spiro atoms. The number of hydrogen-bond acceptors (Lipinski definition) is 0. The summed E-state index contributed by atoms with van der Waals surface area (Å²) >= 11 is 72.2. The lowest BCUT2D eigenvalue weighted by atomic mass is 10.2. The molecule has 0 fully saturated rings. The van der Waals surface area contributed by atoms with Gasteiger partial charge in [0.1, 0.15) is 0 Å². The second kappa shape index (κ2) is 10.2. The maximum Gasteiger partial charge on any atom is 0.344 e. The van der Waals surface area contributed by atoms with Crippen LogP contribution in [0.1, 0.15) is 12.8 Å². The van der Waals surface area contributed by atoms with Gasteiger partial charge in [0, 0.05) is 0 Å². The van der Waals surface area contributed by atoms with Crippen LogP contribution in [0.3, 0.4) is 0 Å². The number of halogens is 12. The summed E-state index contributed by atoms with van der Waals surface area (Å²) in [6, 6.07) is -11.6. The van der Waals surface area contributed by atoms with E-state index in [1.54, 1.807) is 0 Å². The summed E-state index contributed by atoms with van der Waals surface area (Å²) in [6.45, 7) is 0. The average Bonchev–Trinajstić information content (AvgIpc) is 2.15. The molecule has 0 aliphatic heterocycles. The smallest absolute Gasteiger partial charge is 0.126 e. The van der Waals surface area contributed by atoms with Crippen molar-refractivity contribution in [3.8, 4) is 0 Å². The highest BCUT2D eigenvalue weighted by atomic mass is 35.9. The van der Waals surface area contributed by atoms with Crippen LogP contribution in [-0.4, -0.2) is 24.0 Å². The predicted octanol–water partition coefficient (Wildman–Crippen LogP) is 9.13. The van der Waals surface area contributed by atoms with E-state index in [1.165, 1.54) is 0 Å². The van der Waals surface area contributed by atoms with Crippen molar-refractivity contribution in [2.45, 2.75) is 36.0 Å². The molecule has 22 heavy (non-hydrogen) atoms. The SMILES string of the molecule is Cl[Si](Cl)(Cl)CC(CCC(C[Si](Cl)(Cl)Cl)[Si](Cl)(Cl)Cl)[Si](Cl)(Cl)Cl. The molecule has 0 aromatic rings. The van der Waals surface area contributed by atoms with Crippen molar-refractivity contribution < 1.29 is 0 Å². The Bertz CT molecular complexity index is 305. The molecule has 2 atom stereocenters. The lowest BCUT2D eigenvalue weighted by Crippen LogP contribution is -2.29. The van der Waals surface area contributed by atoms with Gasteiger partial charge in [0.15, 0.2) is 0 Å². The maximum absolute atomic E-state index is 6.09. The van der Waals surface area contributed by atoms with Gasteiger partial charge in [-0.1, -0.05) is 0 Å². The fraction of sp³-hybridized carbons (Fsp3) is 1.00. The molecule has 0 aliphatic rings. The van der Waals surface area contributed by atoms with E-state index in [-0.39, 0.29) is 23.2 Å². The largest absolute Gasteiger partial charge is 0.344 e. The van der Waals surface area contributed by atoms with Crippen molar-refractivity contribution in [1.82, 2.24) is 0 Å². The lowest BCUT2D eigenvalue weighted by molar-refractivity contribution is 0.687. The molecule has 16 heteroatoms. The van der Waals surface area contributed by atoms with Gasteiger partial charge in [0.25, 0.3) is 0 Å². The molecular weight excluding hydrogens is 610 g/mol. The Hall–Kier alpha value is 4.35. The van der Waals surface area contributed by atoms with Gasteiger partial charge in [-0.15, -0.1) is 133 Å². The van der Waals surface area contributed by atoms with Crippen LogP contribution in [0.15, 0.2) is 0 Å². The van der Waals surface area contributed by atoms with Crippen LogP contribution in [-0.2, 0) is 0 Å². The minimum Gasteiger partial charge on any atom is -0.126 e. The van der Waals surface area contributed by atoms with Crippen LogP contribution < -0.4 is 0 Å². The molecular formula is C6H10Cl12Si4. The van der Waals surface area contributed by atoms with E-state index in [0.717, 1.165) is 0 Å². The molecule has 0 aromatic heterocycles. The third-order valence-corrected chi connectivity index (χ3v) is 16.6. The maximum atomic E-state index is 6.09. The van der Waals surface area contributed by atoms with Crippen LogP contribution in [0.5, 0.6) is 0 Å². The molecule has 0 radical (unpaired) electrons. The normalized spacial score (nSPS) is 17.5. The van der Waals surface area contributed by atoms with Crippen molar-refractivity contribution in [2.24, 2.45) is 0 Å². The van der Waals surface area contributed by atoms with Gasteiger partial charge in [-0.2, -0.15) is 0 Å². The van der Waals surface area contributed by atoms with Gasteiger partial charge in [-0.3, -0.25) is 0 Å². The molecule has 2 unspecified atom stereocenters. The van der Waals surface area contributed by atoms with E-state index in [0.29, 0.717) is 12.8 Å². The lowest BCUT2D eigenvalue weighted by Gasteiger charge is -2.29. The minimum absolute atomic E-state index is 0.236. The van der Waals surface area contributed by atoms with Gasteiger partial charge >= 0.3 is 24.0 Å². The fourth-order valence-electron chi connectivity index (χ4n) is 1.72. The summed E-state index contributed by atoms with van der Waals surface area (Å²) in [7, 11) is 0. The van der Waals surface area contributed by atoms with Crippen molar-refractivity contribution in [3.05, 3.63) is 0 Å². The molecule has 0 heterocycles. The van der Waals surface area contributed by atoms with Crippen LogP contribution in [0.4, 0.5) is 0 Å². The second-order valence-electron chi connectivity index (χ2n) is 4.69. The molecule has 0 aliphatic carbocycles. The summed E-state index contributed by atoms with van der Waals surface area (Å²) in [5, 5.41) is 0. The molecule has 0 saturated heterocycles. The van der Waals surface area contributed by atoms with Gasteiger partial charge in [-0.25, -0.2) is 0 Å². The van der Waals surface area contributed by atoms with E-state index < -0.39 is 24.0 Å². The summed E-state index contributed by atoms with van der Waals surface area (Å²) in [6.07, 6.45) is 0.898. The standard InChI is InChI=1S/C6H10Cl12Si4/c7-19(8,9)3-5(21(13,14)15)1-2-6(22(16,17)18)4-20(10,11)12/h5-6H,1-4H2. The van der Waals surface area contributed by atoms with Crippen LogP contribution in [0.25, 0.3) is 0 Å². The van der Waals surface area contributed by atoms with Crippen molar-refractivity contribution in [3.63, 3.8) is 0 Å². The van der Waals surface area contributed by atoms with Crippen molar-refractivity contribution in [2.75, 3.05) is 0 Å². The Balaban J connectivity index is 4.98. The van der Waals surface area contributed by atoms with Crippen LogP contribution in [0, 0.1) is 0 Å². The first kappa shape index (κ1) is 26.3. The first-order chi connectivity index (χ1) is 9.42. The highest BCUT2D eigenvalue weighted by Gasteiger charge is 2.46. The Kier molecular flexibility index (Phi) is 12.2. The summed E-state index contributed by atoms with van der Waals surface area (Å²) in [4.78, 5) is 0. The van der Waals surface area contributed by atoms with E-state index in [2.05, 4.69) is 0 Å². The van der Waals surface area contributed by atoms with E-state index in [1.807, 2.05) is 0 Å². The molecule has 0 amide bonds. The van der Waals surface area contributed by atoms with Gasteiger partial charge in [0.2, 0.25) is 0 Å². The predicted molar refractivity (Wildman–Crippen MR) is 120 cm³/mol. The third-order valence-electron chi connectivity index (χ3n) is 2.75. The van der Waals surface area contributed by atoms with E-state index in [4.69, 9.17) is 133 Å². The molecule has 0 nitrogen and oxygen atoms in total. The van der Waals surface area contributed by atoms with Gasteiger partial charge in [0.05, 0.1) is 0 Å². The van der Waals surface area contributed by atoms with E-state index in [9.17, 15) is 0 Å². The summed E-state index contributed by atoms with van der Waals surface area (Å²) in [5.41, 5.74) is -0.699. The van der Waals surface area contributed by atoms with Gasteiger partial charge in [-0.05, 0) is 36.0 Å². The quantitative estimate of drug-likeness (QED) is 0.178. The highest BCUT2D eigenvalue weighted by molar-refractivity contribution is 7.68. The Morgan fingerprint density at radius 1 is 0.455 bits per heavy atom. The molecule has 0 rings (SSSR count). The third kappa shape index (κ3) is 13.5. The molecule has 0 saturated carbocycles. The molecule has 0 aromatic carbocycles. The second-order valence-corrected chi connectivity index (χ2v) is 41.1. The first-order valence-corrected chi connectivity index (χ1v) is 26.4. The average molecular weight is 620 g/mol.